The Labute approximate surface area is 87.0 Å². The summed E-state index contributed by atoms with van der Waals surface area (Å²) in [6.45, 7) is 2.03. The molecule has 0 aliphatic carbocycles. The first kappa shape index (κ1) is 11.1. The molecule has 0 aliphatic rings. The second-order valence-corrected chi connectivity index (χ2v) is 3.88. The number of carbonyl (C=O) groups excluding carboxylic acids is 1. The predicted molar refractivity (Wildman–Crippen MR) is 56.4 cm³/mol. The van der Waals surface area contributed by atoms with Crippen LogP contribution in [-0.4, -0.2) is 22.6 Å². The van der Waals surface area contributed by atoms with E-state index in [9.17, 15) is 4.79 Å². The SMILES string of the molecule is Cc1csc(NC(=O)CCCCO)n1. The lowest BCUT2D eigenvalue weighted by Crippen LogP contribution is -2.11. The van der Waals surface area contributed by atoms with E-state index >= 15 is 0 Å². The maximum absolute atomic E-state index is 11.3. The van der Waals surface area contributed by atoms with Crippen molar-refractivity contribution in [3.8, 4) is 0 Å². The summed E-state index contributed by atoms with van der Waals surface area (Å²) in [4.78, 5) is 15.4. The highest BCUT2D eigenvalue weighted by molar-refractivity contribution is 7.13. The summed E-state index contributed by atoms with van der Waals surface area (Å²) in [5, 5.41) is 13.8. The van der Waals surface area contributed by atoms with E-state index in [0.29, 0.717) is 24.4 Å². The molecule has 1 rings (SSSR count). The molecule has 0 saturated carbocycles. The zero-order valence-corrected chi connectivity index (χ0v) is 8.93. The molecular weight excluding hydrogens is 200 g/mol. The van der Waals surface area contributed by atoms with Gasteiger partial charge in [0.05, 0.1) is 5.69 Å². The van der Waals surface area contributed by atoms with Crippen LogP contribution in [0.15, 0.2) is 5.38 Å². The summed E-state index contributed by atoms with van der Waals surface area (Å²) >= 11 is 1.42. The van der Waals surface area contributed by atoms with Gasteiger partial charge in [-0.25, -0.2) is 4.98 Å². The van der Waals surface area contributed by atoms with Crippen molar-refractivity contribution in [2.24, 2.45) is 0 Å². The highest BCUT2D eigenvalue weighted by Gasteiger charge is 2.04. The van der Waals surface area contributed by atoms with E-state index < -0.39 is 0 Å². The summed E-state index contributed by atoms with van der Waals surface area (Å²) < 4.78 is 0. The molecule has 0 fully saturated rings. The Bertz CT molecular complexity index is 299. The van der Waals surface area contributed by atoms with E-state index in [0.717, 1.165) is 5.69 Å². The molecule has 0 bridgehead atoms. The van der Waals surface area contributed by atoms with E-state index in [1.165, 1.54) is 11.3 Å². The number of carbonyl (C=O) groups is 1. The first-order valence-electron chi connectivity index (χ1n) is 4.55. The predicted octanol–water partition coefficient (Wildman–Crippen LogP) is 1.55. The number of anilines is 1. The number of hydrogen-bond acceptors (Lipinski definition) is 4. The van der Waals surface area contributed by atoms with Crippen molar-refractivity contribution < 1.29 is 9.90 Å². The third kappa shape index (κ3) is 3.85. The van der Waals surface area contributed by atoms with Crippen LogP contribution in [0.25, 0.3) is 0 Å². The van der Waals surface area contributed by atoms with Crippen LogP contribution in [0.5, 0.6) is 0 Å². The standard InChI is InChI=1S/C9H14N2O2S/c1-7-6-14-9(10-7)11-8(13)4-2-3-5-12/h6,12H,2-5H2,1H3,(H,10,11,13). The maximum Gasteiger partial charge on any atom is 0.226 e. The van der Waals surface area contributed by atoms with Gasteiger partial charge in [-0.05, 0) is 19.8 Å². The summed E-state index contributed by atoms with van der Waals surface area (Å²) in [5.41, 5.74) is 0.917. The van der Waals surface area contributed by atoms with Crippen LogP contribution in [0.2, 0.25) is 0 Å². The average Bonchev–Trinajstić information content (AvgIpc) is 2.52. The lowest BCUT2D eigenvalue weighted by Gasteiger charge is -1.99. The largest absolute Gasteiger partial charge is 0.396 e. The fourth-order valence-corrected chi connectivity index (χ4v) is 1.69. The van der Waals surface area contributed by atoms with Crippen molar-refractivity contribution in [2.75, 3.05) is 11.9 Å². The van der Waals surface area contributed by atoms with Gasteiger partial charge in [-0.3, -0.25) is 4.79 Å². The zero-order chi connectivity index (χ0) is 10.4. The van der Waals surface area contributed by atoms with E-state index in [2.05, 4.69) is 10.3 Å². The number of aliphatic hydroxyl groups is 1. The van der Waals surface area contributed by atoms with Crippen LogP contribution in [0, 0.1) is 6.92 Å². The van der Waals surface area contributed by atoms with Gasteiger partial charge in [-0.15, -0.1) is 11.3 Å². The third-order valence-electron chi connectivity index (χ3n) is 1.68. The van der Waals surface area contributed by atoms with E-state index in [-0.39, 0.29) is 12.5 Å². The number of aromatic nitrogens is 1. The number of amides is 1. The van der Waals surface area contributed by atoms with Crippen LogP contribution < -0.4 is 5.32 Å². The Hall–Kier alpha value is -0.940. The normalized spacial score (nSPS) is 10.1. The number of thiazole rings is 1. The van der Waals surface area contributed by atoms with Crippen molar-refractivity contribution in [1.82, 2.24) is 4.98 Å². The average molecular weight is 214 g/mol. The molecule has 0 spiro atoms. The van der Waals surface area contributed by atoms with E-state index in [1.807, 2.05) is 12.3 Å². The van der Waals surface area contributed by atoms with Crippen molar-refractivity contribution in [3.63, 3.8) is 0 Å². The van der Waals surface area contributed by atoms with Gasteiger partial charge >= 0.3 is 0 Å². The molecule has 14 heavy (non-hydrogen) atoms. The quantitative estimate of drug-likeness (QED) is 0.731. The van der Waals surface area contributed by atoms with Crippen molar-refractivity contribution >= 4 is 22.4 Å². The second-order valence-electron chi connectivity index (χ2n) is 3.02. The molecule has 1 heterocycles. The number of nitrogens with zero attached hydrogens (tertiary/aromatic N) is 1. The Morgan fingerprint density at radius 2 is 2.43 bits per heavy atom. The number of rotatable bonds is 5. The van der Waals surface area contributed by atoms with E-state index in [1.54, 1.807) is 0 Å². The smallest absolute Gasteiger partial charge is 0.226 e. The van der Waals surface area contributed by atoms with Crippen molar-refractivity contribution in [1.29, 1.82) is 0 Å². The third-order valence-corrected chi connectivity index (χ3v) is 2.55. The maximum atomic E-state index is 11.3. The minimum absolute atomic E-state index is 0.0344. The highest BCUT2D eigenvalue weighted by atomic mass is 32.1. The fraction of sp³-hybridized carbons (Fsp3) is 0.556. The van der Waals surface area contributed by atoms with Gasteiger partial charge in [0.15, 0.2) is 5.13 Å². The first-order valence-corrected chi connectivity index (χ1v) is 5.43. The fourth-order valence-electron chi connectivity index (χ4n) is 0.991. The molecule has 0 saturated heterocycles. The van der Waals surface area contributed by atoms with Crippen LogP contribution in [-0.2, 0) is 4.79 Å². The number of hydrogen-bond donors (Lipinski definition) is 2. The van der Waals surface area contributed by atoms with Gasteiger partial charge in [0.1, 0.15) is 0 Å². The molecule has 0 aromatic carbocycles. The number of nitrogens with one attached hydrogen (secondary N) is 1. The Kier molecular flexibility index (Phi) is 4.55. The minimum atomic E-state index is -0.0344. The topological polar surface area (TPSA) is 62.2 Å². The van der Waals surface area contributed by atoms with Gasteiger partial charge in [0, 0.05) is 18.4 Å². The Morgan fingerprint density at radius 1 is 1.64 bits per heavy atom. The van der Waals surface area contributed by atoms with Crippen molar-refractivity contribution in [3.05, 3.63) is 11.1 Å². The monoisotopic (exact) mass is 214 g/mol. The molecule has 0 unspecified atom stereocenters. The van der Waals surface area contributed by atoms with Crippen LogP contribution in [0.3, 0.4) is 0 Å². The lowest BCUT2D eigenvalue weighted by molar-refractivity contribution is -0.116. The minimum Gasteiger partial charge on any atom is -0.396 e. The summed E-state index contributed by atoms with van der Waals surface area (Å²) in [5.74, 6) is -0.0344. The van der Waals surface area contributed by atoms with Gasteiger partial charge in [-0.2, -0.15) is 0 Å². The van der Waals surface area contributed by atoms with Crippen LogP contribution >= 0.6 is 11.3 Å². The van der Waals surface area contributed by atoms with E-state index in [4.69, 9.17) is 5.11 Å². The van der Waals surface area contributed by atoms with Gasteiger partial charge in [0.25, 0.3) is 0 Å². The second kappa shape index (κ2) is 5.72. The Balaban J connectivity index is 2.27. The van der Waals surface area contributed by atoms with Gasteiger partial charge < -0.3 is 10.4 Å². The molecule has 0 atom stereocenters. The Morgan fingerprint density at radius 3 is 3.00 bits per heavy atom. The molecule has 0 aliphatic heterocycles. The van der Waals surface area contributed by atoms with Crippen LogP contribution in [0.4, 0.5) is 5.13 Å². The molecule has 2 N–H and O–H groups in total. The van der Waals surface area contributed by atoms with Gasteiger partial charge in [-0.1, -0.05) is 0 Å². The molecule has 5 heteroatoms. The lowest BCUT2D eigenvalue weighted by atomic mass is 10.2. The van der Waals surface area contributed by atoms with Crippen LogP contribution in [0.1, 0.15) is 25.0 Å². The molecule has 0 radical (unpaired) electrons. The zero-order valence-electron chi connectivity index (χ0n) is 8.12. The molecule has 4 nitrogen and oxygen atoms in total. The molecule has 1 amide bonds. The summed E-state index contributed by atoms with van der Waals surface area (Å²) in [6.07, 6.45) is 1.83. The molecular formula is C9H14N2O2S. The number of aliphatic hydroxyl groups excluding tert-OH is 1. The number of unbranched alkanes of at least 4 members (excludes halogenated alkanes) is 1. The van der Waals surface area contributed by atoms with Gasteiger partial charge in [0.2, 0.25) is 5.91 Å². The highest BCUT2D eigenvalue weighted by Crippen LogP contribution is 2.14. The molecule has 1 aromatic heterocycles. The summed E-state index contributed by atoms with van der Waals surface area (Å²) in [7, 11) is 0. The van der Waals surface area contributed by atoms with Crippen molar-refractivity contribution in [2.45, 2.75) is 26.2 Å². The molecule has 78 valence electrons. The number of aryl methyl sites for hydroxylation is 1. The molecule has 1 aromatic rings. The summed E-state index contributed by atoms with van der Waals surface area (Å²) in [6, 6.07) is 0. The first-order chi connectivity index (χ1) is 6.72.